The Kier molecular flexibility index (Phi) is 4.30. The van der Waals surface area contributed by atoms with E-state index < -0.39 is 0 Å². The molecule has 1 saturated heterocycles. The van der Waals surface area contributed by atoms with E-state index in [0.717, 1.165) is 4.47 Å². The molecule has 1 fully saturated rings. The molecule has 7 nitrogen and oxygen atoms in total. The van der Waals surface area contributed by atoms with Crippen LogP contribution in [-0.4, -0.2) is 45.3 Å². The van der Waals surface area contributed by atoms with Gasteiger partial charge in [-0.15, -0.1) is 0 Å². The van der Waals surface area contributed by atoms with Crippen molar-refractivity contribution in [2.75, 3.05) is 19.8 Å². The summed E-state index contributed by atoms with van der Waals surface area (Å²) >= 11 is 3.44. The summed E-state index contributed by atoms with van der Waals surface area (Å²) in [4.78, 5) is 18.8. The van der Waals surface area contributed by atoms with Crippen molar-refractivity contribution in [2.24, 2.45) is 0 Å². The molecule has 0 bridgehead atoms. The van der Waals surface area contributed by atoms with E-state index in [1.165, 1.54) is 6.39 Å². The first-order chi connectivity index (χ1) is 10.6. The van der Waals surface area contributed by atoms with Crippen molar-refractivity contribution < 1.29 is 14.1 Å². The zero-order valence-electron chi connectivity index (χ0n) is 12.4. The van der Waals surface area contributed by atoms with E-state index in [9.17, 15) is 4.79 Å². The van der Waals surface area contributed by atoms with E-state index in [1.807, 2.05) is 30.7 Å². The summed E-state index contributed by atoms with van der Waals surface area (Å²) in [7, 11) is 0. The maximum atomic E-state index is 13.0. The van der Waals surface area contributed by atoms with Crippen molar-refractivity contribution in [2.45, 2.75) is 25.9 Å². The van der Waals surface area contributed by atoms with Crippen LogP contribution in [-0.2, 0) is 4.74 Å². The fourth-order valence-electron chi connectivity index (χ4n) is 2.58. The third-order valence-electron chi connectivity index (χ3n) is 3.66. The Morgan fingerprint density at radius 2 is 2.32 bits per heavy atom. The predicted molar refractivity (Wildman–Crippen MR) is 81.4 cm³/mol. The molecule has 0 unspecified atom stereocenters. The molecule has 118 valence electrons. The van der Waals surface area contributed by atoms with Gasteiger partial charge < -0.3 is 18.7 Å². The molecule has 22 heavy (non-hydrogen) atoms. The first-order valence-electron chi connectivity index (χ1n) is 7.10. The van der Waals surface area contributed by atoms with Crippen molar-refractivity contribution in [3.8, 4) is 0 Å². The van der Waals surface area contributed by atoms with Crippen LogP contribution in [0.25, 0.3) is 0 Å². The highest BCUT2D eigenvalue weighted by Gasteiger charge is 2.33. The fourth-order valence-corrected chi connectivity index (χ4v) is 3.02. The van der Waals surface area contributed by atoms with Gasteiger partial charge in [0.05, 0.1) is 13.2 Å². The molecule has 2 aromatic rings. The molecule has 1 amide bonds. The summed E-state index contributed by atoms with van der Waals surface area (Å²) in [5.41, 5.74) is 0.636. The Morgan fingerprint density at radius 1 is 1.50 bits per heavy atom. The van der Waals surface area contributed by atoms with E-state index in [0.29, 0.717) is 31.3 Å². The SMILES string of the molecule is CC(C)n1cc(Br)cc1C(=O)N1CCOC[C@@H]1c1ncon1. The highest BCUT2D eigenvalue weighted by Crippen LogP contribution is 2.26. The van der Waals surface area contributed by atoms with Crippen LogP contribution in [0, 0.1) is 0 Å². The molecule has 0 N–H and O–H groups in total. The van der Waals surface area contributed by atoms with E-state index in [-0.39, 0.29) is 18.0 Å². The lowest BCUT2D eigenvalue weighted by Gasteiger charge is -2.34. The molecule has 0 aliphatic carbocycles. The first kappa shape index (κ1) is 15.2. The lowest BCUT2D eigenvalue weighted by Crippen LogP contribution is -2.44. The zero-order chi connectivity index (χ0) is 15.7. The second-order valence-electron chi connectivity index (χ2n) is 5.42. The summed E-state index contributed by atoms with van der Waals surface area (Å²) < 4.78 is 13.1. The summed E-state index contributed by atoms with van der Waals surface area (Å²) in [6, 6.07) is 1.70. The van der Waals surface area contributed by atoms with Crippen LogP contribution in [0.2, 0.25) is 0 Å². The first-order valence-corrected chi connectivity index (χ1v) is 7.89. The molecular weight excluding hydrogens is 352 g/mol. The van der Waals surface area contributed by atoms with Gasteiger partial charge in [-0.25, -0.2) is 0 Å². The molecule has 1 aliphatic heterocycles. The number of aromatic nitrogens is 3. The number of carbonyl (C=O) groups excluding carboxylic acids is 1. The standard InChI is InChI=1S/C14H17BrN4O3/c1-9(2)19-6-10(15)5-11(19)14(20)18-3-4-21-7-12(18)13-16-8-22-17-13/h5-6,8-9,12H,3-4,7H2,1-2H3/t12-/m1/s1. The van der Waals surface area contributed by atoms with Gasteiger partial charge in [0, 0.05) is 23.3 Å². The number of halogens is 1. The van der Waals surface area contributed by atoms with E-state index in [4.69, 9.17) is 9.26 Å². The van der Waals surface area contributed by atoms with Crippen molar-refractivity contribution in [3.63, 3.8) is 0 Å². The van der Waals surface area contributed by atoms with E-state index >= 15 is 0 Å². The zero-order valence-corrected chi connectivity index (χ0v) is 14.0. The Bertz CT molecular complexity index is 653. The largest absolute Gasteiger partial charge is 0.377 e. The minimum absolute atomic E-state index is 0.0579. The van der Waals surface area contributed by atoms with Gasteiger partial charge in [-0.05, 0) is 35.8 Å². The fraction of sp³-hybridized carbons (Fsp3) is 0.500. The number of amides is 1. The third-order valence-corrected chi connectivity index (χ3v) is 4.09. The molecular formula is C14H17BrN4O3. The summed E-state index contributed by atoms with van der Waals surface area (Å²) in [5.74, 6) is 0.410. The maximum absolute atomic E-state index is 13.0. The molecule has 3 rings (SSSR count). The van der Waals surface area contributed by atoms with Gasteiger partial charge in [0.1, 0.15) is 11.7 Å². The van der Waals surface area contributed by atoms with Gasteiger partial charge >= 0.3 is 0 Å². The number of hydrogen-bond acceptors (Lipinski definition) is 5. The molecule has 1 atom stereocenters. The highest BCUT2D eigenvalue weighted by atomic mass is 79.9. The number of nitrogens with zero attached hydrogens (tertiary/aromatic N) is 4. The summed E-state index contributed by atoms with van der Waals surface area (Å²) in [6.07, 6.45) is 3.18. The topological polar surface area (TPSA) is 73.4 Å². The van der Waals surface area contributed by atoms with Crippen LogP contribution in [0.4, 0.5) is 0 Å². The van der Waals surface area contributed by atoms with Gasteiger partial charge in [0.25, 0.3) is 5.91 Å². The monoisotopic (exact) mass is 368 g/mol. The number of ether oxygens (including phenoxy) is 1. The van der Waals surface area contributed by atoms with Crippen LogP contribution in [0.5, 0.6) is 0 Å². The van der Waals surface area contributed by atoms with Gasteiger partial charge in [-0.2, -0.15) is 4.98 Å². The average molecular weight is 369 g/mol. The average Bonchev–Trinajstić information content (AvgIpc) is 3.15. The summed E-state index contributed by atoms with van der Waals surface area (Å²) in [5, 5.41) is 3.85. The molecule has 8 heteroatoms. The van der Waals surface area contributed by atoms with Crippen molar-refractivity contribution >= 4 is 21.8 Å². The minimum atomic E-state index is -0.325. The number of hydrogen-bond donors (Lipinski definition) is 0. The van der Waals surface area contributed by atoms with Crippen LogP contribution in [0.15, 0.2) is 27.7 Å². The maximum Gasteiger partial charge on any atom is 0.271 e. The number of rotatable bonds is 3. The highest BCUT2D eigenvalue weighted by molar-refractivity contribution is 9.10. The van der Waals surface area contributed by atoms with E-state index in [1.54, 1.807) is 4.90 Å². The van der Waals surface area contributed by atoms with Crippen LogP contribution < -0.4 is 0 Å². The van der Waals surface area contributed by atoms with Crippen LogP contribution >= 0.6 is 15.9 Å². The number of carbonyl (C=O) groups is 1. The third kappa shape index (κ3) is 2.80. The Balaban J connectivity index is 1.92. The molecule has 2 aromatic heterocycles. The van der Waals surface area contributed by atoms with Crippen molar-refractivity contribution in [3.05, 3.63) is 34.6 Å². The predicted octanol–water partition coefficient (Wildman–Crippen LogP) is 2.43. The van der Waals surface area contributed by atoms with Crippen molar-refractivity contribution in [1.82, 2.24) is 19.6 Å². The quantitative estimate of drug-likeness (QED) is 0.831. The van der Waals surface area contributed by atoms with Crippen LogP contribution in [0.3, 0.4) is 0 Å². The summed E-state index contributed by atoms with van der Waals surface area (Å²) in [6.45, 7) is 5.45. The minimum Gasteiger partial charge on any atom is -0.377 e. The Morgan fingerprint density at radius 3 is 3.00 bits per heavy atom. The lowest BCUT2D eigenvalue weighted by atomic mass is 10.2. The van der Waals surface area contributed by atoms with Gasteiger partial charge in [-0.1, -0.05) is 5.16 Å². The molecule has 0 radical (unpaired) electrons. The second kappa shape index (κ2) is 6.21. The molecule has 0 saturated carbocycles. The van der Waals surface area contributed by atoms with E-state index in [2.05, 4.69) is 26.1 Å². The molecule has 0 spiro atoms. The smallest absolute Gasteiger partial charge is 0.271 e. The second-order valence-corrected chi connectivity index (χ2v) is 6.34. The Hall–Kier alpha value is -1.67. The number of morpholine rings is 1. The van der Waals surface area contributed by atoms with Gasteiger partial charge in [0.15, 0.2) is 5.82 Å². The Labute approximate surface area is 136 Å². The molecule has 0 aromatic carbocycles. The normalized spacial score (nSPS) is 18.9. The molecule has 1 aliphatic rings. The molecule has 3 heterocycles. The lowest BCUT2D eigenvalue weighted by molar-refractivity contribution is -0.00637. The van der Waals surface area contributed by atoms with Gasteiger partial charge in [-0.3, -0.25) is 4.79 Å². The van der Waals surface area contributed by atoms with Crippen molar-refractivity contribution in [1.29, 1.82) is 0 Å². The van der Waals surface area contributed by atoms with Crippen LogP contribution in [0.1, 0.15) is 42.2 Å². The van der Waals surface area contributed by atoms with Gasteiger partial charge in [0.2, 0.25) is 6.39 Å².